The number of hydrogen-bond donors (Lipinski definition) is 1. The Kier molecular flexibility index (Phi) is 7.52. The Labute approximate surface area is 139 Å². The molecule has 0 saturated heterocycles. The second-order valence-corrected chi connectivity index (χ2v) is 7.62. The first-order chi connectivity index (χ1) is 10.7. The van der Waals surface area contributed by atoms with Crippen molar-refractivity contribution in [2.24, 2.45) is 5.92 Å². The Morgan fingerprint density at radius 3 is 2.26 bits per heavy atom. The van der Waals surface area contributed by atoms with Gasteiger partial charge in [-0.3, -0.25) is 4.79 Å². The molecule has 5 heteroatoms. The number of unbranched alkanes of at least 4 members (excludes halogenated alkanes) is 1. The van der Waals surface area contributed by atoms with Crippen LogP contribution in [0.1, 0.15) is 79.1 Å². The van der Waals surface area contributed by atoms with Crippen LogP contribution < -0.4 is 0 Å². The van der Waals surface area contributed by atoms with Crippen molar-refractivity contribution >= 4 is 11.9 Å². The van der Waals surface area contributed by atoms with Gasteiger partial charge in [0, 0.05) is 6.61 Å². The van der Waals surface area contributed by atoms with Crippen molar-refractivity contribution in [1.29, 1.82) is 0 Å². The number of carboxylic acid groups (broad SMARTS) is 1. The molecule has 23 heavy (non-hydrogen) atoms. The Hall–Kier alpha value is -1.10. The minimum atomic E-state index is -1.45. The second kappa shape index (κ2) is 8.67. The lowest BCUT2D eigenvalue weighted by molar-refractivity contribution is -0.181. The van der Waals surface area contributed by atoms with Gasteiger partial charge in [0.25, 0.3) is 0 Å². The second-order valence-electron chi connectivity index (χ2n) is 7.62. The third-order valence-electron chi connectivity index (χ3n) is 4.21. The van der Waals surface area contributed by atoms with Crippen LogP contribution in [0.25, 0.3) is 0 Å². The number of esters is 1. The molecule has 0 aliphatic heterocycles. The van der Waals surface area contributed by atoms with Crippen molar-refractivity contribution in [1.82, 2.24) is 0 Å². The zero-order chi connectivity index (χ0) is 17.5. The van der Waals surface area contributed by atoms with Crippen molar-refractivity contribution in [2.45, 2.75) is 90.3 Å². The number of ether oxygens (including phenoxy) is 2. The summed E-state index contributed by atoms with van der Waals surface area (Å²) in [5, 5.41) is 9.80. The molecule has 1 saturated carbocycles. The summed E-state index contributed by atoms with van der Waals surface area (Å²) in [5.41, 5.74) is -2.08. The predicted molar refractivity (Wildman–Crippen MR) is 88.3 cm³/mol. The van der Waals surface area contributed by atoms with E-state index in [1.54, 1.807) is 20.8 Å². The van der Waals surface area contributed by atoms with Crippen LogP contribution in [0.15, 0.2) is 0 Å². The first-order valence-corrected chi connectivity index (χ1v) is 8.78. The fourth-order valence-corrected chi connectivity index (χ4v) is 3.11. The maximum absolute atomic E-state index is 12.2. The van der Waals surface area contributed by atoms with Crippen LogP contribution in [0.3, 0.4) is 0 Å². The van der Waals surface area contributed by atoms with Crippen LogP contribution in [-0.2, 0) is 19.1 Å². The molecule has 0 radical (unpaired) electrons. The summed E-state index contributed by atoms with van der Waals surface area (Å²) in [4.78, 5) is 24.2. The minimum absolute atomic E-state index is 0.222. The molecule has 0 aromatic carbocycles. The van der Waals surface area contributed by atoms with Gasteiger partial charge in [-0.15, -0.1) is 0 Å². The van der Waals surface area contributed by atoms with Gasteiger partial charge < -0.3 is 14.6 Å². The van der Waals surface area contributed by atoms with E-state index in [1.165, 1.54) is 0 Å². The highest BCUT2D eigenvalue weighted by Gasteiger charge is 2.45. The molecule has 0 heterocycles. The van der Waals surface area contributed by atoms with E-state index in [1.807, 2.05) is 6.92 Å². The van der Waals surface area contributed by atoms with Gasteiger partial charge in [-0.2, -0.15) is 0 Å². The molecule has 0 amide bonds. The fourth-order valence-electron chi connectivity index (χ4n) is 3.11. The molecule has 1 atom stereocenters. The smallest absolute Gasteiger partial charge is 0.336 e. The summed E-state index contributed by atoms with van der Waals surface area (Å²) in [7, 11) is 0. The third kappa shape index (κ3) is 6.90. The van der Waals surface area contributed by atoms with Crippen molar-refractivity contribution in [3.8, 4) is 0 Å². The average molecular weight is 328 g/mol. The number of carbonyl (C=O) groups is 2. The SMILES string of the molecule is CCCCO[C@@](CC(=O)OC(C)(C)C)(CC1CCCC1)C(=O)O. The molecule has 0 aromatic rings. The van der Waals surface area contributed by atoms with Gasteiger partial charge >= 0.3 is 11.9 Å². The van der Waals surface area contributed by atoms with Gasteiger partial charge in [-0.25, -0.2) is 4.79 Å². The Balaban J connectivity index is 2.85. The summed E-state index contributed by atoms with van der Waals surface area (Å²) < 4.78 is 11.1. The largest absolute Gasteiger partial charge is 0.479 e. The van der Waals surface area contributed by atoms with Crippen LogP contribution in [0, 0.1) is 5.92 Å². The monoisotopic (exact) mass is 328 g/mol. The van der Waals surface area contributed by atoms with Gasteiger partial charge in [0.1, 0.15) is 5.60 Å². The van der Waals surface area contributed by atoms with Crippen LogP contribution in [0.4, 0.5) is 0 Å². The topological polar surface area (TPSA) is 72.8 Å². The third-order valence-corrected chi connectivity index (χ3v) is 4.21. The van der Waals surface area contributed by atoms with Crippen LogP contribution >= 0.6 is 0 Å². The Morgan fingerprint density at radius 2 is 1.78 bits per heavy atom. The number of carboxylic acids is 1. The summed E-state index contributed by atoms with van der Waals surface area (Å²) in [6.45, 7) is 7.72. The molecule has 0 spiro atoms. The lowest BCUT2D eigenvalue weighted by Crippen LogP contribution is -2.46. The van der Waals surface area contributed by atoms with E-state index in [4.69, 9.17) is 9.47 Å². The first-order valence-electron chi connectivity index (χ1n) is 8.78. The van der Waals surface area contributed by atoms with Crippen molar-refractivity contribution < 1.29 is 24.2 Å². The van der Waals surface area contributed by atoms with E-state index in [2.05, 4.69) is 0 Å². The maximum atomic E-state index is 12.2. The molecule has 134 valence electrons. The lowest BCUT2D eigenvalue weighted by atomic mass is 9.86. The van der Waals surface area contributed by atoms with Gasteiger partial charge in [-0.1, -0.05) is 39.0 Å². The molecule has 0 bridgehead atoms. The standard InChI is InChI=1S/C18H32O5/c1-5-6-11-22-18(16(20)21,12-14-9-7-8-10-14)13-15(19)23-17(2,3)4/h14H,5-13H2,1-4H3,(H,20,21)/t18-/m1/s1. The molecular formula is C18H32O5. The molecule has 1 aliphatic rings. The zero-order valence-corrected chi connectivity index (χ0v) is 15.0. The van der Waals surface area contributed by atoms with Gasteiger partial charge in [0.05, 0.1) is 6.42 Å². The highest BCUT2D eigenvalue weighted by atomic mass is 16.6. The van der Waals surface area contributed by atoms with Crippen LogP contribution in [0.2, 0.25) is 0 Å². The molecule has 1 fully saturated rings. The fraction of sp³-hybridized carbons (Fsp3) is 0.889. The van der Waals surface area contributed by atoms with E-state index < -0.39 is 23.1 Å². The zero-order valence-electron chi connectivity index (χ0n) is 15.0. The molecule has 0 unspecified atom stereocenters. The molecular weight excluding hydrogens is 296 g/mol. The summed E-state index contributed by atoms with van der Waals surface area (Å²) in [5.74, 6) is -1.24. The molecule has 5 nitrogen and oxygen atoms in total. The minimum Gasteiger partial charge on any atom is -0.479 e. The normalized spacial score (nSPS) is 18.6. The summed E-state index contributed by atoms with van der Waals surface area (Å²) in [6.07, 6.45) is 6.16. The average Bonchev–Trinajstić information content (AvgIpc) is 2.88. The number of rotatable bonds is 9. The Morgan fingerprint density at radius 1 is 1.17 bits per heavy atom. The highest BCUT2D eigenvalue weighted by Crippen LogP contribution is 2.36. The molecule has 1 rings (SSSR count). The number of carbonyl (C=O) groups excluding carboxylic acids is 1. The predicted octanol–water partition coefficient (Wildman–Crippen LogP) is 3.94. The van der Waals surface area contributed by atoms with E-state index >= 15 is 0 Å². The van der Waals surface area contributed by atoms with Crippen molar-refractivity contribution in [2.75, 3.05) is 6.61 Å². The highest BCUT2D eigenvalue weighted by molar-refractivity contribution is 5.84. The van der Waals surface area contributed by atoms with Crippen LogP contribution in [-0.4, -0.2) is 34.9 Å². The van der Waals surface area contributed by atoms with Crippen molar-refractivity contribution in [3.05, 3.63) is 0 Å². The van der Waals surface area contributed by atoms with Gasteiger partial charge in [0.15, 0.2) is 5.60 Å². The van der Waals surface area contributed by atoms with Gasteiger partial charge in [-0.05, 0) is 39.5 Å². The molecule has 0 aromatic heterocycles. The summed E-state index contributed by atoms with van der Waals surface area (Å²) >= 11 is 0. The van der Waals surface area contributed by atoms with Crippen LogP contribution in [0.5, 0.6) is 0 Å². The number of aliphatic carboxylic acids is 1. The van der Waals surface area contributed by atoms with Gasteiger partial charge in [0.2, 0.25) is 0 Å². The molecule has 1 N–H and O–H groups in total. The van der Waals surface area contributed by atoms with E-state index in [0.717, 1.165) is 38.5 Å². The van der Waals surface area contributed by atoms with Crippen molar-refractivity contribution in [3.63, 3.8) is 0 Å². The Bertz CT molecular complexity index is 393. The van der Waals surface area contributed by atoms with E-state index in [-0.39, 0.29) is 6.42 Å². The quantitative estimate of drug-likeness (QED) is 0.512. The van der Waals surface area contributed by atoms with E-state index in [9.17, 15) is 14.7 Å². The molecule has 1 aliphatic carbocycles. The number of hydrogen-bond acceptors (Lipinski definition) is 4. The first kappa shape index (κ1) is 19.9. The van der Waals surface area contributed by atoms with E-state index in [0.29, 0.717) is 18.9 Å². The maximum Gasteiger partial charge on any atom is 0.336 e. The lowest BCUT2D eigenvalue weighted by Gasteiger charge is -2.32. The summed E-state index contributed by atoms with van der Waals surface area (Å²) in [6, 6.07) is 0.